The molecule has 2 heterocycles. The SMILES string of the molecule is C/C=C1/N=CC(NC(C)c2cc(NC(=O)Cc3ccc(C)cn3)ccc2C)P/C1=C\CC(C)C. The molecule has 0 saturated carbocycles. The first-order valence-electron chi connectivity index (χ1n) is 12.0. The van der Waals surface area contributed by atoms with Gasteiger partial charge in [-0.3, -0.25) is 20.1 Å². The van der Waals surface area contributed by atoms with Crippen molar-refractivity contribution in [2.24, 2.45) is 10.9 Å². The third-order valence-corrected chi connectivity index (χ3v) is 7.19. The average molecular weight is 477 g/mol. The molecule has 0 spiro atoms. The van der Waals surface area contributed by atoms with E-state index in [-0.39, 0.29) is 24.2 Å². The number of aliphatic imine (C=N–C) groups is 1. The lowest BCUT2D eigenvalue weighted by Crippen LogP contribution is -2.31. The molecule has 1 aromatic heterocycles. The number of anilines is 1. The molecule has 180 valence electrons. The highest BCUT2D eigenvalue weighted by atomic mass is 31.1. The Labute approximate surface area is 206 Å². The fraction of sp³-hybridized carbons (Fsp3) is 0.393. The number of nitrogens with one attached hydrogen (secondary N) is 2. The maximum atomic E-state index is 12.6. The van der Waals surface area contributed by atoms with Crippen LogP contribution in [-0.2, 0) is 11.2 Å². The molecule has 1 amide bonds. The van der Waals surface area contributed by atoms with E-state index in [1.165, 1.54) is 16.4 Å². The van der Waals surface area contributed by atoms with E-state index in [0.717, 1.165) is 29.1 Å². The second kappa shape index (κ2) is 12.2. The lowest BCUT2D eigenvalue weighted by atomic mass is 10.0. The van der Waals surface area contributed by atoms with E-state index < -0.39 is 0 Å². The van der Waals surface area contributed by atoms with E-state index in [2.05, 4.69) is 74.5 Å². The van der Waals surface area contributed by atoms with Gasteiger partial charge < -0.3 is 5.32 Å². The summed E-state index contributed by atoms with van der Waals surface area (Å²) in [6.07, 6.45) is 9.59. The van der Waals surface area contributed by atoms with Crippen LogP contribution in [0.1, 0.15) is 62.5 Å². The van der Waals surface area contributed by atoms with Gasteiger partial charge >= 0.3 is 0 Å². The molecule has 5 nitrogen and oxygen atoms in total. The fourth-order valence-corrected chi connectivity index (χ4v) is 5.26. The minimum atomic E-state index is -0.0634. The largest absolute Gasteiger partial charge is 0.326 e. The van der Waals surface area contributed by atoms with Crippen molar-refractivity contribution >= 4 is 26.4 Å². The number of benzene rings is 1. The van der Waals surface area contributed by atoms with E-state index in [0.29, 0.717) is 14.5 Å². The van der Waals surface area contributed by atoms with Crippen molar-refractivity contribution in [1.82, 2.24) is 10.3 Å². The van der Waals surface area contributed by atoms with Crippen LogP contribution in [0.25, 0.3) is 0 Å². The molecule has 3 unspecified atom stereocenters. The van der Waals surface area contributed by atoms with Crippen molar-refractivity contribution in [1.29, 1.82) is 0 Å². The zero-order chi connectivity index (χ0) is 24.7. The minimum Gasteiger partial charge on any atom is -0.326 e. The number of aromatic nitrogens is 1. The highest BCUT2D eigenvalue weighted by molar-refractivity contribution is 7.45. The number of aryl methyl sites for hydroxylation is 2. The molecule has 0 saturated heterocycles. The number of nitrogens with zero attached hydrogens (tertiary/aromatic N) is 2. The quantitative estimate of drug-likeness (QED) is 0.430. The lowest BCUT2D eigenvalue weighted by Gasteiger charge is -2.26. The van der Waals surface area contributed by atoms with Gasteiger partial charge in [-0.1, -0.05) is 46.7 Å². The minimum absolute atomic E-state index is 0.0634. The van der Waals surface area contributed by atoms with Crippen LogP contribution >= 0.6 is 8.58 Å². The third-order valence-electron chi connectivity index (χ3n) is 5.79. The van der Waals surface area contributed by atoms with Crippen LogP contribution in [0.4, 0.5) is 5.69 Å². The molecule has 1 aliphatic rings. The predicted octanol–water partition coefficient (Wildman–Crippen LogP) is 6.45. The van der Waals surface area contributed by atoms with Crippen LogP contribution in [0, 0.1) is 19.8 Å². The Hall–Kier alpha value is -2.62. The molecule has 1 aromatic carbocycles. The van der Waals surface area contributed by atoms with Crippen LogP contribution in [0.15, 0.2) is 64.7 Å². The van der Waals surface area contributed by atoms with Gasteiger partial charge in [-0.15, -0.1) is 0 Å². The molecule has 34 heavy (non-hydrogen) atoms. The number of carbonyl (C=O) groups excluding carboxylic acids is 1. The highest BCUT2D eigenvalue weighted by Crippen LogP contribution is 2.39. The van der Waals surface area contributed by atoms with E-state index in [4.69, 9.17) is 4.99 Å². The molecule has 0 radical (unpaired) electrons. The van der Waals surface area contributed by atoms with Gasteiger partial charge in [0.2, 0.25) is 5.91 Å². The van der Waals surface area contributed by atoms with Crippen LogP contribution in [-0.4, -0.2) is 22.9 Å². The summed E-state index contributed by atoms with van der Waals surface area (Å²) >= 11 is 0. The smallest absolute Gasteiger partial charge is 0.230 e. The maximum Gasteiger partial charge on any atom is 0.230 e. The normalized spacial score (nSPS) is 19.8. The van der Waals surface area contributed by atoms with E-state index in [9.17, 15) is 4.79 Å². The van der Waals surface area contributed by atoms with Gasteiger partial charge in [-0.05, 0) is 80.2 Å². The van der Waals surface area contributed by atoms with E-state index in [1.807, 2.05) is 31.3 Å². The average Bonchev–Trinajstić information content (AvgIpc) is 2.80. The number of carbonyl (C=O) groups is 1. The summed E-state index contributed by atoms with van der Waals surface area (Å²) in [5.74, 6) is 0.767. The number of hydrogen-bond acceptors (Lipinski definition) is 4. The first-order valence-corrected chi connectivity index (χ1v) is 13.1. The summed E-state index contributed by atoms with van der Waals surface area (Å²) in [5.41, 5.74) is 6.12. The number of allylic oxidation sites excluding steroid dienone is 3. The monoisotopic (exact) mass is 476 g/mol. The molecule has 6 heteroatoms. The third kappa shape index (κ3) is 7.44. The number of rotatable bonds is 8. The highest BCUT2D eigenvalue weighted by Gasteiger charge is 2.20. The maximum absolute atomic E-state index is 12.6. The molecule has 3 rings (SSSR count). The Morgan fingerprint density at radius 1 is 1.18 bits per heavy atom. The van der Waals surface area contributed by atoms with Gasteiger partial charge in [0.1, 0.15) is 0 Å². The molecule has 0 aliphatic carbocycles. The Balaban J connectivity index is 1.67. The van der Waals surface area contributed by atoms with Gasteiger partial charge in [-0.25, -0.2) is 0 Å². The van der Waals surface area contributed by atoms with Crippen molar-refractivity contribution in [3.05, 3.63) is 82.1 Å². The van der Waals surface area contributed by atoms with Crippen molar-refractivity contribution in [3.8, 4) is 0 Å². The van der Waals surface area contributed by atoms with Gasteiger partial charge in [0, 0.05) is 29.8 Å². The summed E-state index contributed by atoms with van der Waals surface area (Å²) in [6, 6.07) is 10.1. The van der Waals surface area contributed by atoms with Crippen molar-refractivity contribution in [2.45, 2.75) is 66.2 Å². The molecule has 3 atom stereocenters. The first kappa shape index (κ1) is 26.0. The first-order chi connectivity index (χ1) is 16.2. The zero-order valence-corrected chi connectivity index (χ0v) is 22.1. The molecular weight excluding hydrogens is 439 g/mol. The standard InChI is InChI=1S/C28H37N4OP/c1-7-25-26(13-8-18(2)3)34-28(17-30-25)31-21(6)24-14-23(12-10-20(24)5)32-27(33)15-22-11-9-19(4)16-29-22/h7,9-14,16-18,21,28,31,34H,8,15H2,1-6H3,(H,32,33)/b25-7+,26-13-. The second-order valence-electron chi connectivity index (χ2n) is 9.33. The summed E-state index contributed by atoms with van der Waals surface area (Å²) < 4.78 is 0. The van der Waals surface area contributed by atoms with E-state index in [1.54, 1.807) is 6.20 Å². The predicted molar refractivity (Wildman–Crippen MR) is 146 cm³/mol. The summed E-state index contributed by atoms with van der Waals surface area (Å²) in [4.78, 5) is 21.6. The van der Waals surface area contributed by atoms with Crippen LogP contribution in [0.5, 0.6) is 0 Å². The Morgan fingerprint density at radius 2 is 1.97 bits per heavy atom. The fourth-order valence-electron chi connectivity index (χ4n) is 3.85. The molecule has 1 aliphatic heterocycles. The summed E-state index contributed by atoms with van der Waals surface area (Å²) in [6.45, 7) is 12.8. The number of amides is 1. The second-order valence-corrected chi connectivity index (χ2v) is 10.8. The topological polar surface area (TPSA) is 66.4 Å². The molecule has 0 fully saturated rings. The van der Waals surface area contributed by atoms with Gasteiger partial charge in [0.15, 0.2) is 0 Å². The Kier molecular flexibility index (Phi) is 9.32. The molecule has 0 bridgehead atoms. The lowest BCUT2D eigenvalue weighted by molar-refractivity contribution is -0.115. The van der Waals surface area contributed by atoms with E-state index >= 15 is 0 Å². The van der Waals surface area contributed by atoms with Gasteiger partial charge in [0.25, 0.3) is 0 Å². The summed E-state index contributed by atoms with van der Waals surface area (Å²) in [7, 11) is 0.637. The Morgan fingerprint density at radius 3 is 2.65 bits per heavy atom. The Bertz CT molecular complexity index is 1090. The van der Waals surface area contributed by atoms with Crippen molar-refractivity contribution in [2.75, 3.05) is 5.32 Å². The van der Waals surface area contributed by atoms with Crippen LogP contribution in [0.3, 0.4) is 0 Å². The van der Waals surface area contributed by atoms with Crippen molar-refractivity contribution < 1.29 is 4.79 Å². The molecule has 2 N–H and O–H groups in total. The molecule has 2 aromatic rings. The zero-order valence-electron chi connectivity index (χ0n) is 21.1. The van der Waals surface area contributed by atoms with Gasteiger partial charge in [-0.2, -0.15) is 0 Å². The van der Waals surface area contributed by atoms with Crippen molar-refractivity contribution in [3.63, 3.8) is 0 Å². The number of pyridine rings is 1. The number of hydrogen-bond donors (Lipinski definition) is 2. The van der Waals surface area contributed by atoms with Crippen LogP contribution in [0.2, 0.25) is 0 Å². The van der Waals surface area contributed by atoms with Gasteiger partial charge in [0.05, 0.1) is 17.9 Å². The summed E-state index contributed by atoms with van der Waals surface area (Å²) in [5, 5.41) is 8.11. The molecular formula is C28H37N4OP. The van der Waals surface area contributed by atoms with Crippen LogP contribution < -0.4 is 10.6 Å².